The van der Waals surface area contributed by atoms with E-state index in [1.807, 2.05) is 0 Å². The molecule has 7 heteroatoms. The van der Waals surface area contributed by atoms with Crippen LogP contribution in [0.2, 0.25) is 0 Å². The van der Waals surface area contributed by atoms with Gasteiger partial charge < -0.3 is 0 Å². The van der Waals surface area contributed by atoms with Crippen LogP contribution in [0.25, 0.3) is 0 Å². The molecule has 0 unspecified atom stereocenters. The first-order chi connectivity index (χ1) is 6.93. The van der Waals surface area contributed by atoms with Gasteiger partial charge in [-0.3, -0.25) is 0 Å². The molecule has 0 aromatic rings. The van der Waals surface area contributed by atoms with Crippen molar-refractivity contribution in [1.29, 1.82) is 0 Å². The Labute approximate surface area is 125 Å². The molecule has 0 heterocycles. The summed E-state index contributed by atoms with van der Waals surface area (Å²) in [5, 5.41) is 0. The Morgan fingerprint density at radius 1 is 0.500 bits per heavy atom. The van der Waals surface area contributed by atoms with Crippen LogP contribution in [0, 0.1) is 0 Å². The molecule has 0 aromatic heterocycles. The number of hydrogen-bond donors (Lipinski definition) is 0. The zero-order valence-corrected chi connectivity index (χ0v) is 19.6. The molecular formula is C9H30Cl3IrP3+3. The molecular weight excluding hydrogens is 500 g/mol. The summed E-state index contributed by atoms with van der Waals surface area (Å²) in [6, 6.07) is 0. The molecule has 0 aliphatic carbocycles. The van der Waals surface area contributed by atoms with Crippen molar-refractivity contribution in [2.75, 3.05) is 60.0 Å². The van der Waals surface area contributed by atoms with Crippen molar-refractivity contribution in [3.05, 3.63) is 0 Å². The van der Waals surface area contributed by atoms with Gasteiger partial charge in [-0.05, 0) is 23.8 Å². The van der Waals surface area contributed by atoms with E-state index in [1.54, 1.807) is 0 Å². The average Bonchev–Trinajstić information content (AvgIpc) is 1.76. The molecule has 0 aliphatic rings. The Morgan fingerprint density at radius 2 is 0.500 bits per heavy atom. The monoisotopic (exact) mass is 529 g/mol. The third-order valence-corrected chi connectivity index (χ3v) is 0. The third kappa shape index (κ3) is 532. The van der Waals surface area contributed by atoms with Gasteiger partial charge in [-0.15, -0.1) is 0 Å². The second-order valence-electron chi connectivity index (χ2n) is 4.64. The molecule has 0 bridgehead atoms. The van der Waals surface area contributed by atoms with E-state index < -0.39 is 13.5 Å². The first kappa shape index (κ1) is 27.2. The van der Waals surface area contributed by atoms with E-state index in [0.29, 0.717) is 0 Å². The summed E-state index contributed by atoms with van der Waals surface area (Å²) >= 11 is -1.92. The van der Waals surface area contributed by atoms with Gasteiger partial charge in [-0.1, -0.05) is 0 Å². The second kappa shape index (κ2) is 22.9. The van der Waals surface area contributed by atoms with Crippen molar-refractivity contribution in [3.8, 4) is 0 Å². The molecule has 0 nitrogen and oxygen atoms in total. The van der Waals surface area contributed by atoms with Crippen LogP contribution in [0.5, 0.6) is 0 Å². The van der Waals surface area contributed by atoms with Crippen molar-refractivity contribution in [2.24, 2.45) is 0 Å². The van der Waals surface area contributed by atoms with Crippen molar-refractivity contribution in [2.45, 2.75) is 0 Å². The summed E-state index contributed by atoms with van der Waals surface area (Å²) < 4.78 is 0. The van der Waals surface area contributed by atoms with Crippen LogP contribution in [0.3, 0.4) is 0 Å². The summed E-state index contributed by atoms with van der Waals surface area (Å²) in [5.41, 5.74) is 0. The average molecular weight is 530 g/mol. The molecule has 0 aliphatic heterocycles. The van der Waals surface area contributed by atoms with Gasteiger partial charge in [-0.2, -0.15) is 0 Å². The van der Waals surface area contributed by atoms with E-state index in [4.69, 9.17) is 28.8 Å². The molecule has 0 amide bonds. The van der Waals surface area contributed by atoms with Gasteiger partial charge in [0.15, 0.2) is 0 Å². The Kier molecular flexibility index (Phi) is 39.0. The quantitative estimate of drug-likeness (QED) is 0.372. The zero-order valence-electron chi connectivity index (χ0n) is 12.0. The first-order valence-electron chi connectivity index (χ1n) is 4.88. The van der Waals surface area contributed by atoms with Crippen LogP contribution in [-0.4, -0.2) is 60.0 Å². The molecule has 0 saturated carbocycles. The number of halogens is 3. The van der Waals surface area contributed by atoms with Crippen LogP contribution in [0.4, 0.5) is 0 Å². The van der Waals surface area contributed by atoms with Gasteiger partial charge in [0.25, 0.3) is 0 Å². The van der Waals surface area contributed by atoms with Crippen LogP contribution >= 0.6 is 52.5 Å². The van der Waals surface area contributed by atoms with Gasteiger partial charge in [0.05, 0.1) is 0 Å². The molecule has 108 valence electrons. The summed E-state index contributed by atoms with van der Waals surface area (Å²) in [7, 11) is 15.3. The standard InChI is InChI=1S/3C3H9P.3ClH.Ir/c3*1-4(2)3;;;;/h3*1-3H3;3*1H;/q;;;;;;+3. The van der Waals surface area contributed by atoms with Gasteiger partial charge in [0.2, 0.25) is 0 Å². The summed E-state index contributed by atoms with van der Waals surface area (Å²) in [5.74, 6) is 0. The molecule has 0 fully saturated rings. The SMILES string of the molecule is C[PH+](C)C.C[PH+](C)C.C[PH+](C)C.[Cl][Ir]([Cl])[Cl]. The minimum atomic E-state index is -1.92. The normalized spacial score (nSPS) is 9.56. The fourth-order valence-electron chi connectivity index (χ4n) is 0. The van der Waals surface area contributed by atoms with Crippen LogP contribution in [-0.2, 0) is 13.5 Å². The second-order valence-corrected chi connectivity index (χ2v) is 24.0. The van der Waals surface area contributed by atoms with Crippen molar-refractivity contribution < 1.29 is 13.5 Å². The van der Waals surface area contributed by atoms with E-state index in [9.17, 15) is 0 Å². The zero-order chi connectivity index (χ0) is 14.3. The van der Waals surface area contributed by atoms with E-state index in [1.165, 1.54) is 0 Å². The summed E-state index contributed by atoms with van der Waals surface area (Å²) in [4.78, 5) is 0. The van der Waals surface area contributed by atoms with E-state index in [-0.39, 0.29) is 23.8 Å². The molecule has 0 aromatic carbocycles. The Bertz CT molecular complexity index is 69.0. The summed E-state index contributed by atoms with van der Waals surface area (Å²) in [6.45, 7) is 20.4. The number of rotatable bonds is 0. The fourth-order valence-corrected chi connectivity index (χ4v) is 0. The fraction of sp³-hybridized carbons (Fsp3) is 1.00. The van der Waals surface area contributed by atoms with Gasteiger partial charge in [-0.25, -0.2) is 0 Å². The van der Waals surface area contributed by atoms with Crippen LogP contribution in [0.15, 0.2) is 0 Å². The van der Waals surface area contributed by atoms with Crippen molar-refractivity contribution in [1.82, 2.24) is 0 Å². The topological polar surface area (TPSA) is 0 Å². The molecule has 0 spiro atoms. The molecule has 16 heavy (non-hydrogen) atoms. The minimum absolute atomic E-state index is 0.120. The van der Waals surface area contributed by atoms with Crippen molar-refractivity contribution in [3.63, 3.8) is 0 Å². The van der Waals surface area contributed by atoms with Crippen molar-refractivity contribution >= 4 is 52.5 Å². The maximum atomic E-state index is 4.97. The van der Waals surface area contributed by atoms with E-state index in [2.05, 4.69) is 60.0 Å². The summed E-state index contributed by atoms with van der Waals surface area (Å²) in [6.07, 6.45) is 0. The van der Waals surface area contributed by atoms with Gasteiger partial charge >= 0.3 is 42.2 Å². The maximum absolute atomic E-state index is 4.97. The molecule has 0 radical (unpaired) electrons. The predicted molar refractivity (Wildman–Crippen MR) is 95.8 cm³/mol. The molecule has 0 saturated heterocycles. The van der Waals surface area contributed by atoms with Crippen LogP contribution < -0.4 is 0 Å². The van der Waals surface area contributed by atoms with Gasteiger partial charge in [0, 0.05) is 60.0 Å². The predicted octanol–water partition coefficient (Wildman–Crippen LogP) is 5.34. The Hall–Kier alpha value is 2.81. The molecule has 0 N–H and O–H groups in total. The third-order valence-electron chi connectivity index (χ3n) is 0. The Balaban J connectivity index is -0.0000000600. The van der Waals surface area contributed by atoms with Gasteiger partial charge in [0.1, 0.15) is 0 Å². The molecule has 0 rings (SSSR count). The Morgan fingerprint density at radius 3 is 0.500 bits per heavy atom. The van der Waals surface area contributed by atoms with E-state index in [0.717, 1.165) is 0 Å². The van der Waals surface area contributed by atoms with E-state index >= 15 is 0 Å². The van der Waals surface area contributed by atoms with Crippen LogP contribution in [0.1, 0.15) is 0 Å². The molecule has 0 atom stereocenters. The number of hydrogen-bond acceptors (Lipinski definition) is 0. The first-order valence-corrected chi connectivity index (χ1v) is 22.8.